The van der Waals surface area contributed by atoms with Crippen molar-refractivity contribution in [2.75, 3.05) is 0 Å². The van der Waals surface area contributed by atoms with Crippen molar-refractivity contribution in [3.05, 3.63) is 35.3 Å². The maximum absolute atomic E-state index is 10.8. The fourth-order valence-corrected chi connectivity index (χ4v) is 3.32. The molecule has 0 amide bonds. The van der Waals surface area contributed by atoms with E-state index in [1.165, 1.54) is 12.2 Å². The summed E-state index contributed by atoms with van der Waals surface area (Å²) in [5.74, 6) is 1.61. The average molecular weight is 393 g/mol. The molecule has 3 nitrogen and oxygen atoms in total. The molecule has 0 aliphatic carbocycles. The lowest BCUT2D eigenvalue weighted by Gasteiger charge is -2.28. The van der Waals surface area contributed by atoms with Gasteiger partial charge in [0.25, 0.3) is 0 Å². The van der Waals surface area contributed by atoms with E-state index in [1.54, 1.807) is 0 Å². The molecule has 132 valence electrons. The SMILES string of the molecule is Br.CC(C)(C)c1cc(-c2cn3c(n2)CCC3)cc(C(C)(C)C)c1O. The van der Waals surface area contributed by atoms with Gasteiger partial charge in [-0.2, -0.15) is 0 Å². The zero-order chi connectivity index (χ0) is 17.0. The van der Waals surface area contributed by atoms with Crippen LogP contribution in [0.15, 0.2) is 18.3 Å². The van der Waals surface area contributed by atoms with E-state index in [2.05, 4.69) is 64.4 Å². The van der Waals surface area contributed by atoms with Crippen LogP contribution in [0.25, 0.3) is 11.3 Å². The van der Waals surface area contributed by atoms with Crippen molar-refractivity contribution in [2.45, 2.75) is 71.8 Å². The molecule has 0 fully saturated rings. The van der Waals surface area contributed by atoms with Crippen LogP contribution in [0.4, 0.5) is 0 Å². The van der Waals surface area contributed by atoms with Crippen LogP contribution in [0.2, 0.25) is 0 Å². The molecule has 4 heteroatoms. The highest BCUT2D eigenvalue weighted by molar-refractivity contribution is 8.93. The molecule has 2 heterocycles. The van der Waals surface area contributed by atoms with Crippen LogP contribution in [-0.2, 0) is 23.8 Å². The van der Waals surface area contributed by atoms with Crippen LogP contribution in [-0.4, -0.2) is 14.7 Å². The Morgan fingerprint density at radius 3 is 2.00 bits per heavy atom. The second kappa shape index (κ2) is 6.21. The number of aromatic nitrogens is 2. The first-order valence-electron chi connectivity index (χ1n) is 8.52. The van der Waals surface area contributed by atoms with Gasteiger partial charge in [0.05, 0.1) is 5.69 Å². The lowest BCUT2D eigenvalue weighted by Crippen LogP contribution is -2.17. The molecule has 0 radical (unpaired) electrons. The van der Waals surface area contributed by atoms with E-state index in [9.17, 15) is 5.11 Å². The van der Waals surface area contributed by atoms with Crippen molar-refractivity contribution in [3.63, 3.8) is 0 Å². The van der Waals surface area contributed by atoms with Crippen molar-refractivity contribution < 1.29 is 5.11 Å². The number of benzene rings is 1. The van der Waals surface area contributed by atoms with Crippen LogP contribution in [0.5, 0.6) is 5.75 Å². The number of phenols is 1. The largest absolute Gasteiger partial charge is 0.507 e. The minimum atomic E-state index is -0.109. The first-order chi connectivity index (χ1) is 10.6. The topological polar surface area (TPSA) is 38.0 Å². The number of fused-ring (bicyclic) bond motifs is 1. The number of hydrogen-bond acceptors (Lipinski definition) is 2. The van der Waals surface area contributed by atoms with E-state index >= 15 is 0 Å². The normalized spacial score (nSPS) is 14.4. The second-order valence-corrected chi connectivity index (χ2v) is 8.76. The van der Waals surface area contributed by atoms with E-state index in [1.807, 2.05) is 0 Å². The predicted molar refractivity (Wildman–Crippen MR) is 105 cm³/mol. The maximum Gasteiger partial charge on any atom is 0.123 e. The molecule has 2 aromatic rings. The first kappa shape index (κ1) is 19.0. The van der Waals surface area contributed by atoms with Gasteiger partial charge < -0.3 is 9.67 Å². The number of aromatic hydroxyl groups is 1. The molecular formula is C20H29BrN2O. The Balaban J connectivity index is 0.00000208. The van der Waals surface area contributed by atoms with Gasteiger partial charge in [-0.3, -0.25) is 0 Å². The van der Waals surface area contributed by atoms with Crippen LogP contribution >= 0.6 is 17.0 Å². The van der Waals surface area contributed by atoms with Gasteiger partial charge in [0.15, 0.2) is 0 Å². The molecule has 1 N–H and O–H groups in total. The molecule has 1 aromatic heterocycles. The summed E-state index contributed by atoms with van der Waals surface area (Å²) in [5.41, 5.74) is 3.90. The van der Waals surface area contributed by atoms with Gasteiger partial charge in [0, 0.05) is 35.9 Å². The monoisotopic (exact) mass is 392 g/mol. The summed E-state index contributed by atoms with van der Waals surface area (Å²) in [4.78, 5) is 4.82. The van der Waals surface area contributed by atoms with Gasteiger partial charge in [-0.15, -0.1) is 17.0 Å². The fourth-order valence-electron chi connectivity index (χ4n) is 3.32. The lowest BCUT2D eigenvalue weighted by atomic mass is 9.78. The van der Waals surface area contributed by atoms with Gasteiger partial charge in [0.1, 0.15) is 11.6 Å². The quantitative estimate of drug-likeness (QED) is 0.707. The summed E-state index contributed by atoms with van der Waals surface area (Å²) in [6.07, 6.45) is 4.42. The Kier molecular flexibility index (Phi) is 4.93. The molecule has 0 saturated carbocycles. The Labute approximate surface area is 155 Å². The molecule has 1 aliphatic heterocycles. The van der Waals surface area contributed by atoms with Crippen LogP contribution < -0.4 is 0 Å². The third-order valence-electron chi connectivity index (χ3n) is 4.68. The molecule has 0 bridgehead atoms. The molecule has 0 saturated heterocycles. The standard InChI is InChI=1S/C20H28N2O.BrH/c1-19(2,3)14-10-13(11-15(18(14)23)20(4,5)6)16-12-22-9-7-8-17(22)21-16;/h10-12,23H,7-9H2,1-6H3;1H. The number of aryl methyl sites for hydroxylation is 2. The highest BCUT2D eigenvalue weighted by atomic mass is 79.9. The van der Waals surface area contributed by atoms with Gasteiger partial charge in [0.2, 0.25) is 0 Å². The summed E-state index contributed by atoms with van der Waals surface area (Å²) in [6, 6.07) is 4.23. The number of imidazole rings is 1. The van der Waals surface area contributed by atoms with Gasteiger partial charge in [-0.05, 0) is 29.4 Å². The van der Waals surface area contributed by atoms with Crippen molar-refractivity contribution in [1.29, 1.82) is 0 Å². The Hall–Kier alpha value is -1.29. The summed E-state index contributed by atoms with van der Waals surface area (Å²) < 4.78 is 2.26. The zero-order valence-corrected chi connectivity index (χ0v) is 17.3. The molecule has 1 aromatic carbocycles. The van der Waals surface area contributed by atoms with Gasteiger partial charge in [-0.25, -0.2) is 4.98 Å². The lowest BCUT2D eigenvalue weighted by molar-refractivity contribution is 0.423. The second-order valence-electron chi connectivity index (χ2n) is 8.76. The molecule has 3 rings (SSSR count). The van der Waals surface area contributed by atoms with E-state index in [-0.39, 0.29) is 27.8 Å². The molecule has 0 unspecified atom stereocenters. The summed E-state index contributed by atoms with van der Waals surface area (Å²) in [5, 5.41) is 10.8. The minimum absolute atomic E-state index is 0. The van der Waals surface area contributed by atoms with Crippen LogP contribution in [0.3, 0.4) is 0 Å². The molecule has 0 atom stereocenters. The Morgan fingerprint density at radius 1 is 1.00 bits per heavy atom. The van der Waals surface area contributed by atoms with Gasteiger partial charge in [-0.1, -0.05) is 41.5 Å². The third kappa shape index (κ3) is 3.39. The van der Waals surface area contributed by atoms with E-state index in [0.29, 0.717) is 5.75 Å². The first-order valence-corrected chi connectivity index (χ1v) is 8.52. The van der Waals surface area contributed by atoms with Gasteiger partial charge >= 0.3 is 0 Å². The van der Waals surface area contributed by atoms with Crippen molar-refractivity contribution in [1.82, 2.24) is 9.55 Å². The van der Waals surface area contributed by atoms with Crippen LogP contribution in [0, 0.1) is 0 Å². The molecule has 1 aliphatic rings. The Bertz CT molecular complexity index is 691. The smallest absolute Gasteiger partial charge is 0.123 e. The molecule has 0 spiro atoms. The highest BCUT2D eigenvalue weighted by Gasteiger charge is 2.27. The number of halogens is 1. The number of phenolic OH excluding ortho intramolecular Hbond substituents is 1. The van der Waals surface area contributed by atoms with Crippen molar-refractivity contribution >= 4 is 17.0 Å². The number of nitrogens with zero attached hydrogens (tertiary/aromatic N) is 2. The summed E-state index contributed by atoms with van der Waals surface area (Å²) in [7, 11) is 0. The predicted octanol–water partition coefficient (Wildman–Crippen LogP) is 5.37. The van der Waals surface area contributed by atoms with Crippen LogP contribution in [0.1, 0.15) is 64.9 Å². The van der Waals surface area contributed by atoms with Crippen molar-refractivity contribution in [3.8, 4) is 17.0 Å². The maximum atomic E-state index is 10.8. The fraction of sp³-hybridized carbons (Fsp3) is 0.550. The minimum Gasteiger partial charge on any atom is -0.507 e. The van der Waals surface area contributed by atoms with E-state index in [0.717, 1.165) is 35.3 Å². The van der Waals surface area contributed by atoms with E-state index < -0.39 is 0 Å². The number of rotatable bonds is 1. The average Bonchev–Trinajstić information content (AvgIpc) is 2.96. The summed E-state index contributed by atoms with van der Waals surface area (Å²) in [6.45, 7) is 13.9. The summed E-state index contributed by atoms with van der Waals surface area (Å²) >= 11 is 0. The highest BCUT2D eigenvalue weighted by Crippen LogP contribution is 2.41. The third-order valence-corrected chi connectivity index (χ3v) is 4.68. The van der Waals surface area contributed by atoms with Crippen molar-refractivity contribution in [2.24, 2.45) is 0 Å². The molecule has 24 heavy (non-hydrogen) atoms. The molecular weight excluding hydrogens is 364 g/mol. The zero-order valence-electron chi connectivity index (χ0n) is 15.6. The Morgan fingerprint density at radius 2 is 1.54 bits per heavy atom. The number of hydrogen-bond donors (Lipinski definition) is 1. The van der Waals surface area contributed by atoms with E-state index in [4.69, 9.17) is 4.98 Å².